The molecule has 0 unspecified atom stereocenters. The number of likely N-dealkylation sites (N-methyl/N-ethyl adjacent to an activating group) is 2. The van der Waals surface area contributed by atoms with Crippen molar-refractivity contribution in [2.75, 3.05) is 160 Å². The summed E-state index contributed by atoms with van der Waals surface area (Å²) in [5, 5.41) is 57.6. The van der Waals surface area contributed by atoms with Crippen LogP contribution in [0.2, 0.25) is 0 Å². The van der Waals surface area contributed by atoms with Crippen LogP contribution in [0.15, 0.2) is 59.3 Å². The predicted molar refractivity (Wildman–Crippen MR) is 434 cm³/mol. The number of amides is 11. The molecule has 4 aliphatic rings. The normalized spacial score (nSPS) is 18.8. The number of aryl methyl sites for hydroxylation is 3. The van der Waals surface area contributed by atoms with Gasteiger partial charge < -0.3 is 110 Å². The summed E-state index contributed by atoms with van der Waals surface area (Å²) in [5.74, 6) is -4.94. The number of carbonyl (C=O) groups is 11. The molecule has 640 valence electrons. The van der Waals surface area contributed by atoms with E-state index in [4.69, 9.17) is 71.6 Å². The van der Waals surface area contributed by atoms with Gasteiger partial charge in [0.15, 0.2) is 11.9 Å². The van der Waals surface area contributed by atoms with E-state index in [0.29, 0.717) is 85.7 Å². The second-order valence-corrected chi connectivity index (χ2v) is 31.3. The van der Waals surface area contributed by atoms with Crippen molar-refractivity contribution in [3.63, 3.8) is 0 Å². The van der Waals surface area contributed by atoms with Gasteiger partial charge in [0, 0.05) is 137 Å². The third-order valence-corrected chi connectivity index (χ3v) is 23.1. The molecule has 0 saturated carbocycles. The molecule has 1 fully saturated rings. The number of alkyl halides is 2. The molecule has 2 aromatic heterocycles. The summed E-state index contributed by atoms with van der Waals surface area (Å²) in [4.78, 5) is 151. The first-order chi connectivity index (χ1) is 56.1. The highest BCUT2D eigenvalue weighted by atomic mass is 35.5. The SMILES string of the molecule is Cc1csc2c(OC(=O)N(C)CCN(C)C(=O)CCc3ccc(NC(=O)[C@H](CCCNC(N)=O)NC(=O)[C@@H](NC(=O)CCOCCOCCOCCOCCOCCOCCN4C(=O)C=CC4=O)C(C)C)cc3)cc3c(c12)[C@H](CCl)CN3C(=O)CCCC(=O)N1C[C@@H](CCl)c2c1cc(O[C@@H]1O[C@H](C(=O)O)[C@@H](O)[C@H](O)[C@H]1O)c1scc(C)c21. The summed E-state index contributed by atoms with van der Waals surface area (Å²) in [6.45, 7) is 11.7. The van der Waals surface area contributed by atoms with Crippen LogP contribution in [0.1, 0.15) is 98.4 Å². The number of fused-ring (bicyclic) bond motifs is 6. The Morgan fingerprint density at radius 1 is 0.641 bits per heavy atom. The molecular weight excluding hydrogens is 1610 g/mol. The molecule has 0 spiro atoms. The Bertz CT molecular complexity index is 4320. The van der Waals surface area contributed by atoms with Crippen LogP contribution in [0, 0.1) is 19.8 Å². The number of nitrogens with one attached hydrogen (secondary N) is 4. The first-order valence-corrected chi connectivity index (χ1v) is 41.5. The number of hydrogen-bond acceptors (Lipinski definition) is 25. The number of aliphatic hydroxyl groups is 3. The van der Waals surface area contributed by atoms with Gasteiger partial charge in [-0.3, -0.25) is 43.3 Å². The topological polar surface area (TPSA) is 442 Å². The number of benzene rings is 3. The fraction of sp³-hybridized carbons (Fsp3) is 0.557. The van der Waals surface area contributed by atoms with Crippen molar-refractivity contribution in [3.8, 4) is 11.5 Å². The molecule has 1 saturated heterocycles. The molecule has 3 aromatic carbocycles. The van der Waals surface area contributed by atoms with E-state index in [-0.39, 0.29) is 181 Å². The number of hydrogen-bond donors (Lipinski definition) is 9. The van der Waals surface area contributed by atoms with Crippen molar-refractivity contribution in [1.29, 1.82) is 0 Å². The van der Waals surface area contributed by atoms with Crippen molar-refractivity contribution in [2.24, 2.45) is 11.7 Å². The van der Waals surface area contributed by atoms with E-state index in [9.17, 15) is 73.2 Å². The van der Waals surface area contributed by atoms with Crippen LogP contribution in [-0.4, -0.2) is 288 Å². The quantitative estimate of drug-likeness (QED) is 0.0138. The number of carbonyl (C=O) groups excluding carboxylic acids is 10. The fourth-order valence-corrected chi connectivity index (χ4v) is 16.3. The number of primary amides is 1. The van der Waals surface area contributed by atoms with Crippen molar-refractivity contribution in [1.82, 2.24) is 30.7 Å². The van der Waals surface area contributed by atoms with E-state index in [0.717, 1.165) is 43.5 Å². The fourth-order valence-electron chi connectivity index (χ4n) is 13.7. The molecule has 0 aliphatic carbocycles. The minimum absolute atomic E-state index is 0.0430. The van der Waals surface area contributed by atoms with Gasteiger partial charge in [0.1, 0.15) is 36.1 Å². The molecule has 34 nitrogen and oxygen atoms in total. The molecule has 4 aliphatic heterocycles. The Kier molecular flexibility index (Phi) is 35.4. The molecule has 0 bridgehead atoms. The maximum absolute atomic E-state index is 14.4. The van der Waals surface area contributed by atoms with Crippen LogP contribution in [-0.2, 0) is 82.7 Å². The van der Waals surface area contributed by atoms with Crippen molar-refractivity contribution < 1.29 is 116 Å². The number of imide groups is 1. The van der Waals surface area contributed by atoms with Crippen LogP contribution in [0.3, 0.4) is 0 Å². The predicted octanol–water partition coefficient (Wildman–Crippen LogP) is 5.16. The zero-order valence-electron chi connectivity index (χ0n) is 66.2. The zero-order chi connectivity index (χ0) is 84.6. The number of carboxylic acid groups (broad SMARTS) is 1. The van der Waals surface area contributed by atoms with Gasteiger partial charge in [0.05, 0.1) is 107 Å². The van der Waals surface area contributed by atoms with Crippen LogP contribution >= 0.6 is 45.9 Å². The number of urea groups is 1. The number of ether oxygens (including phenoxy) is 9. The van der Waals surface area contributed by atoms with Gasteiger partial charge in [0.2, 0.25) is 41.7 Å². The van der Waals surface area contributed by atoms with E-state index in [1.165, 1.54) is 44.6 Å². The highest BCUT2D eigenvalue weighted by molar-refractivity contribution is 7.18. The van der Waals surface area contributed by atoms with Crippen LogP contribution in [0.4, 0.5) is 26.7 Å². The minimum Gasteiger partial charge on any atom is -0.479 e. The van der Waals surface area contributed by atoms with Crippen LogP contribution < -0.4 is 46.3 Å². The average Bonchev–Trinajstić information content (AvgIpc) is 1.59. The smallest absolute Gasteiger partial charge is 0.415 e. The van der Waals surface area contributed by atoms with Gasteiger partial charge in [-0.05, 0) is 96.2 Å². The zero-order valence-corrected chi connectivity index (χ0v) is 69.3. The highest BCUT2D eigenvalue weighted by Gasteiger charge is 2.49. The Hall–Kier alpha value is -8.73. The standard InChI is InChI=1S/C79H104Cl2N10O24S2/c1-45(2)67(86-57(92)20-25-107-27-29-109-31-33-111-35-36-112-34-32-110-30-28-108-26-24-89-61(96)18-19-62(89)97)75(102)85-52(9-8-21-83-78(82)105)74(101)84-51-15-12-48(13-16-51)14-17-58(93)87(5)22-23-88(6)79(106)114-56-38-54-66(64-47(4)44-117-73(56)64)50(40-81)42-91(54)60(95)11-7-10-59(94)90-41-49(39-80)65-53(90)37-55(72-63(65)46(3)43-116-72)113-77-70(100)68(98)69(99)71(115-77)76(103)104/h12-13,15-16,18-19,37-38,43-45,49-50,52,67-71,77,98-100H,7-11,14,17,20-36,39-42H2,1-6H3,(H,84,101)(H,85,102)(H,86,92)(H,103,104)(H3,82,83,105)/t49-,50-,52+,67+,68+,69+,70-,71+,77-/m1/s1. The van der Waals surface area contributed by atoms with E-state index in [1.54, 1.807) is 74.1 Å². The Balaban J connectivity index is 0.685. The summed E-state index contributed by atoms with van der Waals surface area (Å²) < 4.78 is 51.9. The van der Waals surface area contributed by atoms with Gasteiger partial charge in [-0.2, -0.15) is 0 Å². The third-order valence-electron chi connectivity index (χ3n) is 20.2. The van der Waals surface area contributed by atoms with E-state index in [2.05, 4.69) is 21.3 Å². The lowest BCUT2D eigenvalue weighted by Gasteiger charge is -2.38. The largest absolute Gasteiger partial charge is 0.479 e. The number of nitrogens with zero attached hydrogens (tertiary/aromatic N) is 5. The summed E-state index contributed by atoms with van der Waals surface area (Å²) >= 11 is 15.9. The molecule has 6 heterocycles. The number of halogens is 2. The summed E-state index contributed by atoms with van der Waals surface area (Å²) in [5.41, 5.74) is 10.8. The molecule has 11 amide bonds. The van der Waals surface area contributed by atoms with Gasteiger partial charge >= 0.3 is 18.1 Å². The second kappa shape index (κ2) is 44.9. The minimum atomic E-state index is -1.93. The Morgan fingerprint density at radius 3 is 1.68 bits per heavy atom. The summed E-state index contributed by atoms with van der Waals surface area (Å²) in [7, 11) is 3.17. The molecule has 9 atom stereocenters. The molecular formula is C79H104Cl2N10O24S2. The molecule has 9 rings (SSSR count). The lowest BCUT2D eigenvalue weighted by atomic mass is 9.96. The number of aliphatic hydroxyl groups excluding tert-OH is 3. The van der Waals surface area contributed by atoms with Crippen LogP contribution in [0.5, 0.6) is 11.5 Å². The Labute approximate surface area is 694 Å². The number of thiophene rings is 2. The first-order valence-electron chi connectivity index (χ1n) is 38.7. The number of carboxylic acids is 1. The molecule has 10 N–H and O–H groups in total. The van der Waals surface area contributed by atoms with Gasteiger partial charge in [-0.25, -0.2) is 14.4 Å². The Morgan fingerprint density at radius 2 is 1.15 bits per heavy atom. The van der Waals surface area contributed by atoms with Gasteiger partial charge in [-0.1, -0.05) is 26.0 Å². The first kappa shape index (κ1) is 92.2. The molecule has 5 aromatic rings. The maximum Gasteiger partial charge on any atom is 0.415 e. The molecule has 117 heavy (non-hydrogen) atoms. The number of aliphatic carboxylic acids is 1. The average molecular weight is 1710 g/mol. The van der Waals surface area contributed by atoms with Crippen molar-refractivity contribution in [3.05, 3.63) is 87.1 Å². The van der Waals surface area contributed by atoms with Crippen molar-refractivity contribution in [2.45, 2.75) is 134 Å². The highest BCUT2D eigenvalue weighted by Crippen LogP contribution is 2.51. The lowest BCUT2D eigenvalue weighted by molar-refractivity contribution is -0.270. The maximum atomic E-state index is 14.4. The number of anilines is 3. The second-order valence-electron chi connectivity index (χ2n) is 28.9. The lowest BCUT2D eigenvalue weighted by Crippen LogP contribution is -2.61. The van der Waals surface area contributed by atoms with E-state index in [1.807, 2.05) is 24.6 Å². The third kappa shape index (κ3) is 25.0. The summed E-state index contributed by atoms with van der Waals surface area (Å²) in [6, 6.07) is 7.23. The van der Waals surface area contributed by atoms with Gasteiger partial charge in [0.25, 0.3) is 11.8 Å². The van der Waals surface area contributed by atoms with E-state index < -0.39 is 78.6 Å². The monoisotopic (exact) mass is 1710 g/mol. The molecule has 38 heteroatoms. The number of rotatable bonds is 47. The van der Waals surface area contributed by atoms with Crippen molar-refractivity contribution >= 4 is 148 Å². The summed E-state index contributed by atoms with van der Waals surface area (Å²) in [6.07, 6.45) is -6.76. The molecule has 0 radical (unpaired) electrons. The van der Waals surface area contributed by atoms with E-state index >= 15 is 0 Å². The number of nitrogens with two attached hydrogens (primary N) is 1. The van der Waals surface area contributed by atoms with Crippen LogP contribution in [0.25, 0.3) is 20.2 Å². The van der Waals surface area contributed by atoms with Gasteiger partial charge in [-0.15, -0.1) is 45.9 Å².